The summed E-state index contributed by atoms with van der Waals surface area (Å²) in [6.45, 7) is 2.89. The van der Waals surface area contributed by atoms with Crippen LogP contribution in [0.4, 0.5) is 4.39 Å². The standard InChI is InChI=1S/C21H27FN4O3/c22-7-9-25(16-2-1-8-23-11-16)12-14-3-4-17-15(10-14)13-26(21(17)29)18-5-6-19(27)24-20(18)28/h3-4,10,16,18,23H,1-2,5-9,11-13H2,(H,24,27,28). The zero-order chi connectivity index (χ0) is 20.4. The molecule has 156 valence electrons. The van der Waals surface area contributed by atoms with E-state index in [0.717, 1.165) is 37.1 Å². The van der Waals surface area contributed by atoms with Gasteiger partial charge in [0.25, 0.3) is 5.91 Å². The lowest BCUT2D eigenvalue weighted by Crippen LogP contribution is -2.52. The molecule has 0 aromatic heterocycles. The molecule has 0 spiro atoms. The van der Waals surface area contributed by atoms with E-state index in [1.54, 1.807) is 4.90 Å². The van der Waals surface area contributed by atoms with Gasteiger partial charge in [0.05, 0.1) is 0 Å². The van der Waals surface area contributed by atoms with Crippen molar-refractivity contribution in [1.29, 1.82) is 0 Å². The van der Waals surface area contributed by atoms with Crippen LogP contribution in [0.2, 0.25) is 0 Å². The Bertz CT molecular complexity index is 809. The number of nitrogens with one attached hydrogen (secondary N) is 2. The minimum Gasteiger partial charge on any atom is -0.322 e. The molecule has 7 nitrogen and oxygen atoms in total. The van der Waals surface area contributed by atoms with Crippen molar-refractivity contribution in [2.75, 3.05) is 26.3 Å². The Balaban J connectivity index is 1.48. The number of alkyl halides is 1. The average molecular weight is 402 g/mol. The number of rotatable bonds is 6. The molecule has 8 heteroatoms. The number of piperidine rings is 2. The highest BCUT2D eigenvalue weighted by Crippen LogP contribution is 2.29. The molecule has 29 heavy (non-hydrogen) atoms. The minimum absolute atomic E-state index is 0.168. The molecule has 3 heterocycles. The van der Waals surface area contributed by atoms with Gasteiger partial charge in [0.1, 0.15) is 12.7 Å². The fourth-order valence-corrected chi connectivity index (χ4v) is 4.61. The van der Waals surface area contributed by atoms with Crippen LogP contribution in [0.25, 0.3) is 0 Å². The van der Waals surface area contributed by atoms with Gasteiger partial charge in [0, 0.05) is 44.2 Å². The largest absolute Gasteiger partial charge is 0.322 e. The number of carbonyl (C=O) groups is 3. The molecule has 0 aliphatic carbocycles. The van der Waals surface area contributed by atoms with Crippen LogP contribution < -0.4 is 10.6 Å². The number of imide groups is 1. The maximum absolute atomic E-state index is 13.1. The number of hydrogen-bond donors (Lipinski definition) is 2. The van der Waals surface area contributed by atoms with E-state index in [0.29, 0.717) is 37.7 Å². The molecule has 3 amide bonds. The maximum Gasteiger partial charge on any atom is 0.255 e. The fraction of sp³-hybridized carbons (Fsp3) is 0.571. The predicted molar refractivity (Wildman–Crippen MR) is 105 cm³/mol. The van der Waals surface area contributed by atoms with Crippen molar-refractivity contribution >= 4 is 17.7 Å². The topological polar surface area (TPSA) is 81.8 Å². The molecule has 1 aromatic carbocycles. The number of amides is 3. The van der Waals surface area contributed by atoms with Gasteiger partial charge in [0.2, 0.25) is 11.8 Å². The van der Waals surface area contributed by atoms with Crippen LogP contribution in [-0.4, -0.2) is 65.9 Å². The molecule has 1 aromatic rings. The quantitative estimate of drug-likeness (QED) is 0.693. The van der Waals surface area contributed by atoms with E-state index in [9.17, 15) is 18.8 Å². The molecular formula is C21H27FN4O3. The molecule has 2 saturated heterocycles. The number of benzene rings is 1. The van der Waals surface area contributed by atoms with Crippen molar-refractivity contribution in [1.82, 2.24) is 20.4 Å². The lowest BCUT2D eigenvalue weighted by Gasteiger charge is -2.34. The van der Waals surface area contributed by atoms with Crippen molar-refractivity contribution in [3.8, 4) is 0 Å². The van der Waals surface area contributed by atoms with E-state index in [1.165, 1.54) is 0 Å². The van der Waals surface area contributed by atoms with E-state index in [1.807, 2.05) is 18.2 Å². The fourth-order valence-electron chi connectivity index (χ4n) is 4.61. The first-order valence-corrected chi connectivity index (χ1v) is 10.3. The van der Waals surface area contributed by atoms with Crippen LogP contribution in [0, 0.1) is 0 Å². The Morgan fingerprint density at radius 1 is 1.21 bits per heavy atom. The van der Waals surface area contributed by atoms with E-state index in [-0.39, 0.29) is 24.9 Å². The van der Waals surface area contributed by atoms with Crippen LogP contribution in [0.15, 0.2) is 18.2 Å². The maximum atomic E-state index is 13.1. The van der Waals surface area contributed by atoms with Gasteiger partial charge >= 0.3 is 0 Å². The molecule has 3 aliphatic rings. The first-order chi connectivity index (χ1) is 14.1. The summed E-state index contributed by atoms with van der Waals surface area (Å²) in [7, 11) is 0. The van der Waals surface area contributed by atoms with Gasteiger partial charge in [-0.3, -0.25) is 24.6 Å². The lowest BCUT2D eigenvalue weighted by atomic mass is 10.0. The van der Waals surface area contributed by atoms with Gasteiger partial charge in [-0.25, -0.2) is 4.39 Å². The molecule has 2 N–H and O–H groups in total. The summed E-state index contributed by atoms with van der Waals surface area (Å²) in [6, 6.07) is 5.44. The number of halogens is 1. The predicted octanol–water partition coefficient (Wildman–Crippen LogP) is 0.971. The van der Waals surface area contributed by atoms with E-state index in [2.05, 4.69) is 15.5 Å². The van der Waals surface area contributed by atoms with Gasteiger partial charge in [-0.1, -0.05) is 12.1 Å². The van der Waals surface area contributed by atoms with Crippen molar-refractivity contribution in [3.63, 3.8) is 0 Å². The van der Waals surface area contributed by atoms with E-state index < -0.39 is 11.9 Å². The van der Waals surface area contributed by atoms with Crippen molar-refractivity contribution in [2.45, 2.75) is 50.9 Å². The highest BCUT2D eigenvalue weighted by Gasteiger charge is 2.39. The summed E-state index contributed by atoms with van der Waals surface area (Å²) in [4.78, 5) is 40.1. The molecule has 2 unspecified atom stereocenters. The smallest absolute Gasteiger partial charge is 0.255 e. The van der Waals surface area contributed by atoms with E-state index in [4.69, 9.17) is 0 Å². The molecule has 0 bridgehead atoms. The zero-order valence-electron chi connectivity index (χ0n) is 16.5. The second kappa shape index (κ2) is 8.59. The Labute approximate surface area is 169 Å². The third kappa shape index (κ3) is 4.18. The summed E-state index contributed by atoms with van der Waals surface area (Å²) in [5, 5.41) is 5.70. The Hall–Kier alpha value is -2.32. The van der Waals surface area contributed by atoms with Crippen LogP contribution in [0.5, 0.6) is 0 Å². The SMILES string of the molecule is O=C1CCC(N2Cc3cc(CN(CCF)C4CCCNC4)ccc3C2=O)C(=O)N1. The van der Waals surface area contributed by atoms with Crippen molar-refractivity contribution in [3.05, 3.63) is 34.9 Å². The van der Waals surface area contributed by atoms with Crippen LogP contribution in [0.3, 0.4) is 0 Å². The number of nitrogens with zero attached hydrogens (tertiary/aromatic N) is 2. The molecule has 2 atom stereocenters. The first kappa shape index (κ1) is 20.0. The number of carbonyl (C=O) groups excluding carboxylic acids is 3. The Kier molecular flexibility index (Phi) is 5.91. The van der Waals surface area contributed by atoms with Crippen molar-refractivity contribution in [2.24, 2.45) is 0 Å². The van der Waals surface area contributed by atoms with E-state index >= 15 is 0 Å². The van der Waals surface area contributed by atoms with Gasteiger partial charge in [-0.05, 0) is 43.0 Å². The second-order valence-electron chi connectivity index (χ2n) is 8.05. The molecule has 3 aliphatic heterocycles. The summed E-state index contributed by atoms with van der Waals surface area (Å²) < 4.78 is 13.1. The number of fused-ring (bicyclic) bond motifs is 1. The monoisotopic (exact) mass is 402 g/mol. The van der Waals surface area contributed by atoms with Crippen LogP contribution >= 0.6 is 0 Å². The number of hydrogen-bond acceptors (Lipinski definition) is 5. The molecular weight excluding hydrogens is 375 g/mol. The Morgan fingerprint density at radius 2 is 2.07 bits per heavy atom. The average Bonchev–Trinajstić information content (AvgIpc) is 3.04. The third-order valence-corrected chi connectivity index (χ3v) is 6.13. The zero-order valence-corrected chi connectivity index (χ0v) is 16.5. The van der Waals surface area contributed by atoms with Gasteiger partial charge in [-0.15, -0.1) is 0 Å². The van der Waals surface area contributed by atoms with Gasteiger partial charge in [0.15, 0.2) is 0 Å². The summed E-state index contributed by atoms with van der Waals surface area (Å²) in [5.41, 5.74) is 2.54. The highest BCUT2D eigenvalue weighted by molar-refractivity contribution is 6.05. The summed E-state index contributed by atoms with van der Waals surface area (Å²) in [5.74, 6) is -0.859. The second-order valence-corrected chi connectivity index (χ2v) is 8.05. The molecule has 4 rings (SSSR count). The summed E-state index contributed by atoms with van der Waals surface area (Å²) in [6.07, 6.45) is 2.75. The first-order valence-electron chi connectivity index (χ1n) is 10.3. The van der Waals surface area contributed by atoms with Crippen molar-refractivity contribution < 1.29 is 18.8 Å². The van der Waals surface area contributed by atoms with Gasteiger partial charge < -0.3 is 10.2 Å². The normalized spacial score (nSPS) is 24.8. The minimum atomic E-state index is -0.604. The highest BCUT2D eigenvalue weighted by atomic mass is 19.1. The lowest BCUT2D eigenvalue weighted by molar-refractivity contribution is -0.136. The molecule has 0 radical (unpaired) electrons. The van der Waals surface area contributed by atoms with Gasteiger partial charge in [-0.2, -0.15) is 0 Å². The molecule has 2 fully saturated rings. The Morgan fingerprint density at radius 3 is 2.79 bits per heavy atom. The van der Waals surface area contributed by atoms with Crippen LogP contribution in [0.1, 0.15) is 47.2 Å². The van der Waals surface area contributed by atoms with Crippen LogP contribution in [-0.2, 0) is 22.7 Å². The molecule has 0 saturated carbocycles. The summed E-state index contributed by atoms with van der Waals surface area (Å²) >= 11 is 0. The third-order valence-electron chi connectivity index (χ3n) is 6.13.